The normalized spacial score (nSPS) is 12.7. The molecule has 0 fully saturated rings. The van der Waals surface area contributed by atoms with E-state index in [9.17, 15) is 13.2 Å². The van der Waals surface area contributed by atoms with Gasteiger partial charge in [0.15, 0.2) is 0 Å². The summed E-state index contributed by atoms with van der Waals surface area (Å²) >= 11 is 1.35. The largest absolute Gasteiger partial charge is 0.344 e. The van der Waals surface area contributed by atoms with E-state index >= 15 is 0 Å². The molecule has 0 aliphatic carbocycles. The second-order valence-electron chi connectivity index (χ2n) is 5.75. The third kappa shape index (κ3) is 3.98. The predicted octanol–water partition coefficient (Wildman–Crippen LogP) is 1.68. The fraction of sp³-hybridized carbons (Fsp3) is 0.188. The molecule has 1 aromatic carbocycles. The van der Waals surface area contributed by atoms with Crippen LogP contribution in [-0.4, -0.2) is 29.1 Å². The summed E-state index contributed by atoms with van der Waals surface area (Å²) in [6, 6.07) is 5.76. The summed E-state index contributed by atoms with van der Waals surface area (Å²) < 4.78 is 24.6. The summed E-state index contributed by atoms with van der Waals surface area (Å²) in [7, 11) is -1.99. The van der Waals surface area contributed by atoms with Gasteiger partial charge in [0.05, 0.1) is 17.1 Å². The minimum atomic E-state index is -3.80. The summed E-state index contributed by atoms with van der Waals surface area (Å²) in [6.45, 7) is 1.76. The quantitative estimate of drug-likeness (QED) is 0.686. The van der Waals surface area contributed by atoms with Gasteiger partial charge in [-0.15, -0.1) is 11.3 Å². The molecule has 0 saturated heterocycles. The molecule has 1 atom stereocenters. The second kappa shape index (κ2) is 6.98. The van der Waals surface area contributed by atoms with E-state index in [0.29, 0.717) is 16.3 Å². The van der Waals surface area contributed by atoms with Crippen molar-refractivity contribution >= 4 is 27.3 Å². The fourth-order valence-electron chi connectivity index (χ4n) is 2.36. The average Bonchev–Trinajstić information content (AvgIpc) is 3.23. The highest BCUT2D eigenvalue weighted by atomic mass is 32.2. The molecule has 0 aliphatic rings. The zero-order chi connectivity index (χ0) is 18.9. The number of aryl methyl sites for hydroxylation is 1. The number of benzene rings is 1. The summed E-state index contributed by atoms with van der Waals surface area (Å²) in [6.07, 6.45) is 3.50. The number of hydrogen-bond acceptors (Lipinski definition) is 6. The van der Waals surface area contributed by atoms with Crippen LogP contribution in [0.25, 0.3) is 10.6 Å². The molecule has 1 amide bonds. The molecule has 0 spiro atoms. The van der Waals surface area contributed by atoms with Crippen molar-refractivity contribution in [2.75, 3.05) is 0 Å². The molecule has 1 unspecified atom stereocenters. The lowest BCUT2D eigenvalue weighted by atomic mass is 10.1. The van der Waals surface area contributed by atoms with Crippen LogP contribution in [0.15, 0.2) is 46.9 Å². The Kier molecular flexibility index (Phi) is 4.90. The van der Waals surface area contributed by atoms with Crippen LogP contribution in [0.1, 0.15) is 29.0 Å². The number of carbonyl (C=O) groups is 1. The van der Waals surface area contributed by atoms with E-state index < -0.39 is 16.1 Å². The van der Waals surface area contributed by atoms with Gasteiger partial charge < -0.3 is 5.32 Å². The number of primary sulfonamides is 1. The molecular weight excluding hydrogens is 374 g/mol. The second-order valence-corrected chi connectivity index (χ2v) is 8.17. The van der Waals surface area contributed by atoms with Crippen LogP contribution >= 0.6 is 11.3 Å². The van der Waals surface area contributed by atoms with E-state index in [-0.39, 0.29) is 10.8 Å². The van der Waals surface area contributed by atoms with Crippen molar-refractivity contribution < 1.29 is 13.2 Å². The van der Waals surface area contributed by atoms with Gasteiger partial charge in [-0.1, -0.05) is 12.1 Å². The number of nitrogens with two attached hydrogens (primary N) is 1. The fourth-order valence-corrected chi connectivity index (χ4v) is 3.70. The number of aromatic nitrogens is 3. The number of carbonyl (C=O) groups excluding carboxylic acids is 1. The number of rotatable bonds is 5. The van der Waals surface area contributed by atoms with E-state index in [1.807, 2.05) is 13.2 Å². The number of amides is 1. The summed E-state index contributed by atoms with van der Waals surface area (Å²) in [5, 5.41) is 14.4. The van der Waals surface area contributed by atoms with Crippen LogP contribution in [-0.2, 0) is 17.1 Å². The Morgan fingerprint density at radius 3 is 2.81 bits per heavy atom. The third-order valence-corrected chi connectivity index (χ3v) is 5.53. The zero-order valence-electron chi connectivity index (χ0n) is 14.1. The van der Waals surface area contributed by atoms with E-state index in [1.54, 1.807) is 35.3 Å². The highest BCUT2D eigenvalue weighted by molar-refractivity contribution is 7.89. The van der Waals surface area contributed by atoms with Gasteiger partial charge in [-0.25, -0.2) is 18.5 Å². The first-order valence-electron chi connectivity index (χ1n) is 7.62. The van der Waals surface area contributed by atoms with Crippen LogP contribution in [0.5, 0.6) is 0 Å². The van der Waals surface area contributed by atoms with Crippen LogP contribution in [0.4, 0.5) is 0 Å². The maximum atomic E-state index is 12.4. The summed E-state index contributed by atoms with van der Waals surface area (Å²) in [4.78, 5) is 16.8. The Balaban J connectivity index is 1.75. The highest BCUT2D eigenvalue weighted by Gasteiger charge is 2.17. The van der Waals surface area contributed by atoms with Crippen LogP contribution < -0.4 is 10.5 Å². The predicted molar refractivity (Wildman–Crippen MR) is 98.0 cm³/mol. The first-order chi connectivity index (χ1) is 12.2. The lowest BCUT2D eigenvalue weighted by Crippen LogP contribution is -2.27. The van der Waals surface area contributed by atoms with Gasteiger partial charge in [-0.05, 0) is 24.6 Å². The molecule has 0 aliphatic heterocycles. The molecule has 10 heteroatoms. The monoisotopic (exact) mass is 391 g/mol. The van der Waals surface area contributed by atoms with Gasteiger partial charge in [0.25, 0.3) is 5.91 Å². The van der Waals surface area contributed by atoms with Crippen molar-refractivity contribution in [1.29, 1.82) is 0 Å². The first kappa shape index (κ1) is 18.2. The Morgan fingerprint density at radius 2 is 2.15 bits per heavy atom. The smallest absolute Gasteiger partial charge is 0.271 e. The molecule has 2 aromatic heterocycles. The van der Waals surface area contributed by atoms with Crippen molar-refractivity contribution in [3.8, 4) is 10.6 Å². The topological polar surface area (TPSA) is 120 Å². The Morgan fingerprint density at radius 1 is 1.38 bits per heavy atom. The van der Waals surface area contributed by atoms with Gasteiger partial charge in [0, 0.05) is 24.2 Å². The molecule has 0 bridgehead atoms. The van der Waals surface area contributed by atoms with Gasteiger partial charge in [-0.3, -0.25) is 9.48 Å². The molecule has 0 radical (unpaired) electrons. The molecule has 2 heterocycles. The number of thiazole rings is 1. The molecular formula is C16H17N5O3S2. The number of sulfonamides is 1. The molecule has 26 heavy (non-hydrogen) atoms. The summed E-state index contributed by atoms with van der Waals surface area (Å²) in [5.74, 6) is -0.343. The van der Waals surface area contributed by atoms with Gasteiger partial charge in [0.1, 0.15) is 10.7 Å². The number of hydrogen-bond donors (Lipinski definition) is 2. The minimum Gasteiger partial charge on any atom is -0.344 e. The summed E-state index contributed by atoms with van der Waals surface area (Å²) in [5.41, 5.74) is 1.77. The maximum absolute atomic E-state index is 12.4. The zero-order valence-corrected chi connectivity index (χ0v) is 15.7. The van der Waals surface area contributed by atoms with Crippen molar-refractivity contribution in [1.82, 2.24) is 20.1 Å². The van der Waals surface area contributed by atoms with E-state index in [4.69, 9.17) is 5.14 Å². The van der Waals surface area contributed by atoms with Gasteiger partial charge in [-0.2, -0.15) is 5.10 Å². The van der Waals surface area contributed by atoms with Crippen LogP contribution in [0.2, 0.25) is 0 Å². The van der Waals surface area contributed by atoms with Gasteiger partial charge >= 0.3 is 0 Å². The van der Waals surface area contributed by atoms with Crippen molar-refractivity contribution in [3.05, 3.63) is 53.3 Å². The standard InChI is InChI=1S/C16H17N5O3S2/c1-10(11-4-3-5-13(6-11)26(17,23)24)19-15(22)14-9-25-16(20-14)12-7-18-21(2)8-12/h3-10H,1-2H3,(H,19,22)(H2,17,23,24). The molecule has 0 saturated carbocycles. The van der Waals surface area contributed by atoms with Crippen LogP contribution in [0.3, 0.4) is 0 Å². The molecule has 3 aromatic rings. The number of nitrogens with one attached hydrogen (secondary N) is 1. The van der Waals surface area contributed by atoms with E-state index in [2.05, 4.69) is 15.4 Å². The molecule has 3 N–H and O–H groups in total. The lowest BCUT2D eigenvalue weighted by molar-refractivity contribution is 0.0935. The number of nitrogens with zero attached hydrogens (tertiary/aromatic N) is 3. The van der Waals surface area contributed by atoms with Crippen molar-refractivity contribution in [2.45, 2.75) is 17.9 Å². The first-order valence-corrected chi connectivity index (χ1v) is 10.0. The Labute approximate surface area is 154 Å². The maximum Gasteiger partial charge on any atom is 0.271 e. The average molecular weight is 391 g/mol. The molecule has 3 rings (SSSR count). The van der Waals surface area contributed by atoms with Crippen molar-refractivity contribution in [2.24, 2.45) is 12.2 Å². The van der Waals surface area contributed by atoms with Crippen LogP contribution in [0, 0.1) is 0 Å². The minimum absolute atomic E-state index is 0.00335. The molecule has 136 valence electrons. The Hall–Kier alpha value is -2.56. The highest BCUT2D eigenvalue weighted by Crippen LogP contribution is 2.23. The lowest BCUT2D eigenvalue weighted by Gasteiger charge is -2.14. The Bertz CT molecular complexity index is 1060. The third-order valence-electron chi connectivity index (χ3n) is 3.72. The van der Waals surface area contributed by atoms with E-state index in [1.165, 1.54) is 23.5 Å². The van der Waals surface area contributed by atoms with E-state index in [0.717, 1.165) is 5.56 Å². The SMILES string of the molecule is CC(NC(=O)c1csc(-c2cnn(C)c2)n1)c1cccc(S(N)(=O)=O)c1. The van der Waals surface area contributed by atoms with Gasteiger partial charge in [0.2, 0.25) is 10.0 Å². The molecule has 8 nitrogen and oxygen atoms in total. The van der Waals surface area contributed by atoms with Crippen molar-refractivity contribution in [3.63, 3.8) is 0 Å².